The predicted molar refractivity (Wildman–Crippen MR) is 109 cm³/mol. The Bertz CT molecular complexity index is 1300. The highest BCUT2D eigenvalue weighted by Crippen LogP contribution is 2.33. The van der Waals surface area contributed by atoms with Crippen LogP contribution in [0, 0.1) is 0 Å². The summed E-state index contributed by atoms with van der Waals surface area (Å²) in [5, 5.41) is 5.76. The number of hydrogen-bond donors (Lipinski definition) is 0. The Labute approximate surface area is 156 Å². The Hall–Kier alpha value is -3.33. The van der Waals surface area contributed by atoms with Gasteiger partial charge in [0.25, 0.3) is 0 Å². The van der Waals surface area contributed by atoms with E-state index in [1.807, 2.05) is 30.3 Å². The minimum Gasteiger partial charge on any atom is -0.294 e. The molecule has 4 aromatic carbocycles. The summed E-state index contributed by atoms with van der Waals surface area (Å²) in [5.74, 6) is -0.706. The van der Waals surface area contributed by atoms with Crippen molar-refractivity contribution in [2.45, 2.75) is 20.8 Å². The van der Waals surface area contributed by atoms with Crippen molar-refractivity contribution in [1.29, 1.82) is 0 Å². The van der Waals surface area contributed by atoms with Crippen LogP contribution in [0.4, 0.5) is 0 Å². The Balaban J connectivity index is 2.21. The molecule has 0 radical (unpaired) electrons. The highest BCUT2D eigenvalue weighted by atomic mass is 16.1. The van der Waals surface area contributed by atoms with Gasteiger partial charge in [-0.05, 0) is 83.4 Å². The molecule has 0 aliphatic heterocycles. The molecule has 0 amide bonds. The van der Waals surface area contributed by atoms with Crippen LogP contribution >= 0.6 is 0 Å². The fraction of sp³-hybridized carbons (Fsp3) is 0.125. The Morgan fingerprint density at radius 2 is 1.07 bits per heavy atom. The van der Waals surface area contributed by atoms with Gasteiger partial charge < -0.3 is 0 Å². The number of ketones is 3. The number of Topliss-reactive ketones (excluding diaryl/α,β-unsaturated/α-hetero) is 3. The van der Waals surface area contributed by atoms with Gasteiger partial charge in [0.1, 0.15) is 0 Å². The maximum atomic E-state index is 12.4. The highest BCUT2D eigenvalue weighted by molar-refractivity contribution is 6.22. The lowest BCUT2D eigenvalue weighted by molar-refractivity contribution is 0.0969. The average Bonchev–Trinajstić information content (AvgIpc) is 2.62. The fourth-order valence-electron chi connectivity index (χ4n) is 3.85. The van der Waals surface area contributed by atoms with Crippen molar-refractivity contribution in [2.24, 2.45) is 0 Å². The van der Waals surface area contributed by atoms with Crippen LogP contribution < -0.4 is 0 Å². The first-order valence-electron chi connectivity index (χ1n) is 8.83. The molecule has 0 fully saturated rings. The molecule has 3 nitrogen and oxygen atoms in total. The third-order valence-electron chi connectivity index (χ3n) is 5.05. The maximum absolute atomic E-state index is 12.4. The summed E-state index contributed by atoms with van der Waals surface area (Å²) in [6.45, 7) is 4.26. The minimum atomic E-state index is -0.272. The van der Waals surface area contributed by atoms with Gasteiger partial charge in [0, 0.05) is 16.7 Å². The summed E-state index contributed by atoms with van der Waals surface area (Å²) >= 11 is 0. The monoisotopic (exact) mass is 354 g/mol. The van der Waals surface area contributed by atoms with E-state index in [2.05, 4.69) is 18.2 Å². The van der Waals surface area contributed by atoms with Crippen molar-refractivity contribution < 1.29 is 14.4 Å². The average molecular weight is 354 g/mol. The third-order valence-corrected chi connectivity index (χ3v) is 5.05. The number of benzene rings is 4. The number of carbonyl (C=O) groups excluding carboxylic acids is 3. The molecule has 4 rings (SSSR count). The molecule has 0 spiro atoms. The number of fused-ring (bicyclic) bond motifs is 3. The molecular weight excluding hydrogens is 336 g/mol. The lowest BCUT2D eigenvalue weighted by atomic mass is 9.87. The Morgan fingerprint density at radius 1 is 0.556 bits per heavy atom. The second-order valence-electron chi connectivity index (χ2n) is 6.96. The highest BCUT2D eigenvalue weighted by Gasteiger charge is 2.22. The first kappa shape index (κ1) is 17.1. The van der Waals surface area contributed by atoms with Gasteiger partial charge in [0.05, 0.1) is 0 Å². The fourth-order valence-corrected chi connectivity index (χ4v) is 3.85. The van der Waals surface area contributed by atoms with E-state index in [0.717, 1.165) is 26.9 Å². The summed E-state index contributed by atoms with van der Waals surface area (Å²) in [7, 11) is 0. The molecule has 0 aliphatic rings. The van der Waals surface area contributed by atoms with Crippen LogP contribution in [0.1, 0.15) is 51.8 Å². The number of rotatable bonds is 3. The van der Waals surface area contributed by atoms with Gasteiger partial charge in [-0.3, -0.25) is 14.4 Å². The van der Waals surface area contributed by atoms with E-state index in [1.165, 1.54) is 20.8 Å². The van der Waals surface area contributed by atoms with Gasteiger partial charge in [-0.15, -0.1) is 0 Å². The van der Waals surface area contributed by atoms with Gasteiger partial charge in [-0.2, -0.15) is 0 Å². The summed E-state index contributed by atoms with van der Waals surface area (Å²) in [6.07, 6.45) is 0. The topological polar surface area (TPSA) is 51.2 Å². The zero-order chi connectivity index (χ0) is 19.3. The normalized spacial score (nSPS) is 11.2. The molecule has 4 aromatic rings. The maximum Gasteiger partial charge on any atom is 0.161 e. The Morgan fingerprint density at radius 3 is 1.59 bits per heavy atom. The van der Waals surface area contributed by atoms with E-state index in [4.69, 9.17) is 0 Å². The first-order chi connectivity index (χ1) is 12.9. The van der Waals surface area contributed by atoms with Crippen molar-refractivity contribution in [3.63, 3.8) is 0 Å². The molecule has 0 aliphatic carbocycles. The van der Waals surface area contributed by atoms with Crippen LogP contribution in [-0.4, -0.2) is 17.3 Å². The summed E-state index contributed by atoms with van der Waals surface area (Å²) in [5.41, 5.74) is 0.864. The SMILES string of the molecule is CC(=O)c1cc2cc3cc4ccccc4cc3cc2c(C(C)=O)c1C(C)=O. The molecule has 0 unspecified atom stereocenters. The molecule has 0 heterocycles. The van der Waals surface area contributed by atoms with E-state index in [9.17, 15) is 14.4 Å². The summed E-state index contributed by atoms with van der Waals surface area (Å²) in [4.78, 5) is 36.9. The minimum absolute atomic E-state index is 0.214. The largest absolute Gasteiger partial charge is 0.294 e. The zero-order valence-corrected chi connectivity index (χ0v) is 15.4. The lowest BCUT2D eigenvalue weighted by Gasteiger charge is -2.14. The van der Waals surface area contributed by atoms with E-state index >= 15 is 0 Å². The molecule has 3 heteroatoms. The summed E-state index contributed by atoms with van der Waals surface area (Å²) in [6, 6.07) is 17.9. The standard InChI is InChI=1S/C24H18O3/c1-13(25)21-12-20-10-18-8-16-6-4-5-7-17(16)9-19(18)11-22(20)24(15(3)27)23(21)14(2)26/h4-12H,1-3H3. The smallest absolute Gasteiger partial charge is 0.161 e. The molecule has 0 bridgehead atoms. The van der Waals surface area contributed by atoms with E-state index in [1.54, 1.807) is 6.07 Å². The molecule has 0 aromatic heterocycles. The zero-order valence-electron chi connectivity index (χ0n) is 15.4. The van der Waals surface area contributed by atoms with Gasteiger partial charge in [-0.1, -0.05) is 24.3 Å². The predicted octanol–water partition coefficient (Wildman–Crippen LogP) is 5.75. The van der Waals surface area contributed by atoms with Gasteiger partial charge in [-0.25, -0.2) is 0 Å². The van der Waals surface area contributed by atoms with Crippen LogP contribution in [0.25, 0.3) is 32.3 Å². The van der Waals surface area contributed by atoms with Crippen LogP contribution in [-0.2, 0) is 0 Å². The summed E-state index contributed by atoms with van der Waals surface area (Å²) < 4.78 is 0. The second kappa shape index (κ2) is 6.13. The van der Waals surface area contributed by atoms with Gasteiger partial charge in [0.2, 0.25) is 0 Å². The third kappa shape index (κ3) is 2.72. The Kier molecular flexibility index (Phi) is 3.88. The van der Waals surface area contributed by atoms with E-state index in [0.29, 0.717) is 16.5 Å². The van der Waals surface area contributed by atoms with Crippen molar-refractivity contribution in [2.75, 3.05) is 0 Å². The van der Waals surface area contributed by atoms with E-state index < -0.39 is 0 Å². The van der Waals surface area contributed by atoms with Gasteiger partial charge >= 0.3 is 0 Å². The number of carbonyl (C=O) groups is 3. The molecule has 0 atom stereocenters. The van der Waals surface area contributed by atoms with Crippen molar-refractivity contribution in [3.8, 4) is 0 Å². The van der Waals surface area contributed by atoms with Crippen LogP contribution in [0.3, 0.4) is 0 Å². The molecule has 27 heavy (non-hydrogen) atoms. The van der Waals surface area contributed by atoms with Gasteiger partial charge in [0.15, 0.2) is 17.3 Å². The van der Waals surface area contributed by atoms with E-state index in [-0.39, 0.29) is 22.9 Å². The van der Waals surface area contributed by atoms with Crippen molar-refractivity contribution >= 4 is 49.7 Å². The lowest BCUT2D eigenvalue weighted by Crippen LogP contribution is -2.12. The molecular formula is C24H18O3. The molecule has 0 saturated heterocycles. The van der Waals surface area contributed by atoms with Crippen LogP contribution in [0.2, 0.25) is 0 Å². The second-order valence-corrected chi connectivity index (χ2v) is 6.96. The quantitative estimate of drug-likeness (QED) is 0.347. The molecule has 0 saturated carbocycles. The van der Waals surface area contributed by atoms with Crippen LogP contribution in [0.15, 0.2) is 54.6 Å². The molecule has 132 valence electrons. The first-order valence-corrected chi connectivity index (χ1v) is 8.83. The van der Waals surface area contributed by atoms with Crippen molar-refractivity contribution in [1.82, 2.24) is 0 Å². The van der Waals surface area contributed by atoms with Crippen molar-refractivity contribution in [3.05, 3.63) is 71.3 Å². The molecule has 0 N–H and O–H groups in total. The number of hydrogen-bond acceptors (Lipinski definition) is 3. The van der Waals surface area contributed by atoms with Crippen LogP contribution in [0.5, 0.6) is 0 Å².